The fourth-order valence-corrected chi connectivity index (χ4v) is 3.67. The third-order valence-corrected chi connectivity index (χ3v) is 5.08. The molecule has 3 aromatic rings. The first-order chi connectivity index (χ1) is 12.2. The second-order valence-corrected chi connectivity index (χ2v) is 6.99. The van der Waals surface area contributed by atoms with Gasteiger partial charge in [-0.15, -0.1) is 0 Å². The van der Waals surface area contributed by atoms with E-state index in [4.69, 9.17) is 19.0 Å². The quantitative estimate of drug-likeness (QED) is 0.786. The molecule has 0 radical (unpaired) electrons. The van der Waals surface area contributed by atoms with Crippen LogP contribution in [0.15, 0.2) is 16.7 Å². The lowest BCUT2D eigenvalue weighted by Crippen LogP contribution is -2.22. The summed E-state index contributed by atoms with van der Waals surface area (Å²) in [6, 6.07) is 4.31. The van der Waals surface area contributed by atoms with Crippen molar-refractivity contribution >= 4 is 11.0 Å². The van der Waals surface area contributed by atoms with Crippen molar-refractivity contribution < 1.29 is 14.0 Å². The van der Waals surface area contributed by atoms with Gasteiger partial charge in [0.25, 0.3) is 0 Å². The summed E-state index contributed by atoms with van der Waals surface area (Å²) in [6.45, 7) is 5.74. The van der Waals surface area contributed by atoms with E-state index in [1.165, 1.54) is 12.8 Å². The zero-order valence-corrected chi connectivity index (χ0v) is 14.5. The average Bonchev–Trinajstić information content (AvgIpc) is 3.31. The minimum Gasteiger partial charge on any atom is -0.376 e. The Kier molecular flexibility index (Phi) is 3.43. The molecule has 1 saturated carbocycles. The number of H-pyrrole nitrogens is 1. The number of nitrogens with zero attached hydrogens (tertiary/aromatic N) is 2. The standard InChI is InChI=1S/C19H21N3O3/c1-10-17(11(2)25-22-10)13-7-14(16-9-23-5-6-24-16)18-15(8-13)20-19(21-18)12-3-4-12/h7-8,12,16H,3-6,9H2,1-2H3,(H,20,21). The highest BCUT2D eigenvalue weighted by Gasteiger charge is 2.29. The minimum atomic E-state index is -0.0907. The second kappa shape index (κ2) is 5.68. The van der Waals surface area contributed by atoms with Crippen LogP contribution in [0.4, 0.5) is 0 Å². The van der Waals surface area contributed by atoms with Crippen molar-refractivity contribution in [1.29, 1.82) is 0 Å². The highest BCUT2D eigenvalue weighted by Crippen LogP contribution is 2.41. The molecule has 3 heterocycles. The first-order valence-electron chi connectivity index (χ1n) is 8.87. The van der Waals surface area contributed by atoms with Crippen molar-refractivity contribution in [2.24, 2.45) is 0 Å². The SMILES string of the molecule is Cc1noc(C)c1-c1cc(C2COCCO2)c2nc(C3CC3)[nH]c2c1. The summed E-state index contributed by atoms with van der Waals surface area (Å²) >= 11 is 0. The lowest BCUT2D eigenvalue weighted by atomic mass is 9.98. The first-order valence-corrected chi connectivity index (χ1v) is 8.87. The monoisotopic (exact) mass is 339 g/mol. The number of imidazole rings is 1. The number of nitrogens with one attached hydrogen (secondary N) is 1. The number of aryl methyl sites for hydroxylation is 2. The smallest absolute Gasteiger partial charge is 0.141 e. The number of ether oxygens (including phenoxy) is 2. The molecule has 1 aromatic carbocycles. The maximum Gasteiger partial charge on any atom is 0.141 e. The van der Waals surface area contributed by atoms with Gasteiger partial charge in [0.1, 0.15) is 17.7 Å². The molecule has 6 heteroatoms. The Balaban J connectivity index is 1.70. The van der Waals surface area contributed by atoms with E-state index in [0.29, 0.717) is 25.7 Å². The maximum absolute atomic E-state index is 5.97. The topological polar surface area (TPSA) is 73.2 Å². The van der Waals surface area contributed by atoms with Gasteiger partial charge in [0.05, 0.1) is 36.5 Å². The molecule has 2 fully saturated rings. The summed E-state index contributed by atoms with van der Waals surface area (Å²) in [6.07, 6.45) is 2.34. The van der Waals surface area contributed by atoms with Crippen molar-refractivity contribution in [3.05, 3.63) is 35.0 Å². The van der Waals surface area contributed by atoms with Gasteiger partial charge in [0.15, 0.2) is 0 Å². The maximum atomic E-state index is 5.97. The Morgan fingerprint density at radius 1 is 1.16 bits per heavy atom. The lowest BCUT2D eigenvalue weighted by Gasteiger charge is -2.24. The predicted octanol–water partition coefficient (Wildman–Crippen LogP) is 3.80. The van der Waals surface area contributed by atoms with Crippen molar-refractivity contribution in [2.45, 2.75) is 38.7 Å². The number of hydrogen-bond donors (Lipinski definition) is 1. The predicted molar refractivity (Wildman–Crippen MR) is 92.6 cm³/mol. The molecule has 1 N–H and O–H groups in total. The molecule has 1 unspecified atom stereocenters. The van der Waals surface area contributed by atoms with Crippen molar-refractivity contribution in [3.63, 3.8) is 0 Å². The Morgan fingerprint density at radius 2 is 2.04 bits per heavy atom. The molecule has 130 valence electrons. The van der Waals surface area contributed by atoms with Gasteiger partial charge in [-0.1, -0.05) is 5.16 Å². The Hall–Kier alpha value is -2.18. The van der Waals surface area contributed by atoms with E-state index >= 15 is 0 Å². The second-order valence-electron chi connectivity index (χ2n) is 6.99. The normalized spacial score (nSPS) is 21.1. The van der Waals surface area contributed by atoms with Gasteiger partial charge in [0.2, 0.25) is 0 Å². The molecule has 2 aromatic heterocycles. The molecule has 6 nitrogen and oxygen atoms in total. The number of aromatic amines is 1. The lowest BCUT2D eigenvalue weighted by molar-refractivity contribution is -0.0896. The fourth-order valence-electron chi connectivity index (χ4n) is 3.67. The molecular formula is C19H21N3O3. The zero-order valence-electron chi connectivity index (χ0n) is 14.5. The summed E-state index contributed by atoms with van der Waals surface area (Å²) in [5, 5.41) is 4.10. The van der Waals surface area contributed by atoms with Gasteiger partial charge in [-0.3, -0.25) is 0 Å². The van der Waals surface area contributed by atoms with Gasteiger partial charge >= 0.3 is 0 Å². The molecule has 0 spiro atoms. The van der Waals surface area contributed by atoms with Crippen LogP contribution < -0.4 is 0 Å². The molecule has 1 saturated heterocycles. The summed E-state index contributed by atoms with van der Waals surface area (Å²) in [7, 11) is 0. The molecule has 1 aliphatic carbocycles. The van der Waals surface area contributed by atoms with Crippen LogP contribution in [0.5, 0.6) is 0 Å². The van der Waals surface area contributed by atoms with Crippen LogP contribution in [0.3, 0.4) is 0 Å². The van der Waals surface area contributed by atoms with Gasteiger partial charge in [-0.25, -0.2) is 4.98 Å². The van der Waals surface area contributed by atoms with Crippen LogP contribution in [0.2, 0.25) is 0 Å². The Labute approximate surface area is 145 Å². The number of aromatic nitrogens is 3. The van der Waals surface area contributed by atoms with E-state index in [2.05, 4.69) is 22.3 Å². The van der Waals surface area contributed by atoms with Gasteiger partial charge in [-0.2, -0.15) is 0 Å². The molecular weight excluding hydrogens is 318 g/mol. The number of rotatable bonds is 3. The van der Waals surface area contributed by atoms with Crippen LogP contribution >= 0.6 is 0 Å². The number of hydrogen-bond acceptors (Lipinski definition) is 5. The van der Waals surface area contributed by atoms with Gasteiger partial charge in [0, 0.05) is 17.0 Å². The minimum absolute atomic E-state index is 0.0907. The van der Waals surface area contributed by atoms with Crippen LogP contribution in [-0.4, -0.2) is 34.9 Å². The van der Waals surface area contributed by atoms with E-state index in [1.807, 2.05) is 13.8 Å². The van der Waals surface area contributed by atoms with Crippen LogP contribution in [0.25, 0.3) is 22.2 Å². The summed E-state index contributed by atoms with van der Waals surface area (Å²) < 4.78 is 17.0. The van der Waals surface area contributed by atoms with E-state index in [1.54, 1.807) is 0 Å². The van der Waals surface area contributed by atoms with Gasteiger partial charge in [-0.05, 0) is 44.4 Å². The molecule has 1 aliphatic heterocycles. The third-order valence-electron chi connectivity index (χ3n) is 5.08. The van der Waals surface area contributed by atoms with Crippen LogP contribution in [0, 0.1) is 13.8 Å². The summed E-state index contributed by atoms with van der Waals surface area (Å²) in [4.78, 5) is 8.41. The number of benzene rings is 1. The highest BCUT2D eigenvalue weighted by molar-refractivity contribution is 5.86. The van der Waals surface area contributed by atoms with E-state index in [0.717, 1.165) is 45.0 Å². The Morgan fingerprint density at radius 3 is 2.72 bits per heavy atom. The molecule has 5 rings (SSSR count). The van der Waals surface area contributed by atoms with Crippen molar-refractivity contribution in [2.75, 3.05) is 19.8 Å². The Bertz CT molecular complexity index is 913. The van der Waals surface area contributed by atoms with Gasteiger partial charge < -0.3 is 19.0 Å². The van der Waals surface area contributed by atoms with E-state index in [9.17, 15) is 0 Å². The molecule has 1 atom stereocenters. The average molecular weight is 339 g/mol. The largest absolute Gasteiger partial charge is 0.376 e. The van der Waals surface area contributed by atoms with E-state index < -0.39 is 0 Å². The van der Waals surface area contributed by atoms with Crippen LogP contribution in [0.1, 0.15) is 47.7 Å². The molecule has 25 heavy (non-hydrogen) atoms. The molecule has 0 amide bonds. The van der Waals surface area contributed by atoms with E-state index in [-0.39, 0.29) is 6.10 Å². The molecule has 2 aliphatic rings. The highest BCUT2D eigenvalue weighted by atomic mass is 16.6. The van der Waals surface area contributed by atoms with Crippen molar-refractivity contribution in [3.8, 4) is 11.1 Å². The first kappa shape index (κ1) is 15.1. The zero-order chi connectivity index (χ0) is 17.0. The molecule has 0 bridgehead atoms. The van der Waals surface area contributed by atoms with Crippen LogP contribution in [-0.2, 0) is 9.47 Å². The summed E-state index contributed by atoms with van der Waals surface area (Å²) in [5.41, 5.74) is 6.14. The number of fused-ring (bicyclic) bond motifs is 1. The fraction of sp³-hybridized carbons (Fsp3) is 0.474. The summed E-state index contributed by atoms with van der Waals surface area (Å²) in [5.74, 6) is 2.49. The van der Waals surface area contributed by atoms with Crippen molar-refractivity contribution in [1.82, 2.24) is 15.1 Å². The third kappa shape index (κ3) is 2.56.